The van der Waals surface area contributed by atoms with Gasteiger partial charge in [-0.05, 0) is 51.5 Å². The maximum atomic E-state index is 12.0. The molecule has 0 aliphatic heterocycles. The summed E-state index contributed by atoms with van der Waals surface area (Å²) < 4.78 is 0. The van der Waals surface area contributed by atoms with Gasteiger partial charge in [-0.1, -0.05) is 69.6 Å². The maximum absolute atomic E-state index is 12.0. The highest BCUT2D eigenvalue weighted by Crippen LogP contribution is 2.09. The zero-order chi connectivity index (χ0) is 20.2. The molecule has 2 N–H and O–H groups in total. The zero-order valence-corrected chi connectivity index (χ0v) is 17.3. The van der Waals surface area contributed by atoms with E-state index in [1.165, 1.54) is 6.42 Å². The lowest BCUT2D eigenvalue weighted by Gasteiger charge is -2.12. The molecule has 1 atom stereocenters. The number of carboxylic acids is 1. The Bertz CT molecular complexity index is 466. The van der Waals surface area contributed by atoms with E-state index in [0.29, 0.717) is 13.0 Å². The maximum Gasteiger partial charge on any atom is 0.328 e. The monoisotopic (exact) mass is 377 g/mol. The second-order valence-corrected chi connectivity index (χ2v) is 6.79. The SMILES string of the molecule is CC/C=C\C/C=C\C/C=C\CCCCCCCC(=O)C(NCCC)C(=O)O. The minimum absolute atomic E-state index is 0.197. The molecule has 0 spiro atoms. The second-order valence-electron chi connectivity index (χ2n) is 6.79. The average Bonchev–Trinajstić information content (AvgIpc) is 2.65. The van der Waals surface area contributed by atoms with E-state index in [2.05, 4.69) is 48.7 Å². The van der Waals surface area contributed by atoms with Gasteiger partial charge in [0.2, 0.25) is 0 Å². The van der Waals surface area contributed by atoms with Gasteiger partial charge in [0.25, 0.3) is 0 Å². The Morgan fingerprint density at radius 3 is 2.07 bits per heavy atom. The predicted octanol–water partition coefficient (Wildman–Crippen LogP) is 5.60. The van der Waals surface area contributed by atoms with Gasteiger partial charge in [-0.3, -0.25) is 14.9 Å². The van der Waals surface area contributed by atoms with E-state index in [0.717, 1.165) is 57.8 Å². The van der Waals surface area contributed by atoms with Crippen LogP contribution in [0.15, 0.2) is 36.5 Å². The topological polar surface area (TPSA) is 66.4 Å². The Morgan fingerprint density at radius 1 is 0.852 bits per heavy atom. The molecule has 0 aliphatic rings. The largest absolute Gasteiger partial charge is 0.480 e. The van der Waals surface area contributed by atoms with Gasteiger partial charge < -0.3 is 5.11 Å². The number of unbranched alkanes of at least 4 members (excludes halogenated alkanes) is 5. The number of carbonyl (C=O) groups is 2. The van der Waals surface area contributed by atoms with Crippen LogP contribution in [0.1, 0.15) is 84.5 Å². The fourth-order valence-electron chi connectivity index (χ4n) is 2.69. The minimum atomic E-state index is -1.06. The molecular weight excluding hydrogens is 338 g/mol. The Morgan fingerprint density at radius 2 is 1.44 bits per heavy atom. The summed E-state index contributed by atoms with van der Waals surface area (Å²) in [5.41, 5.74) is 0. The predicted molar refractivity (Wildman–Crippen MR) is 114 cm³/mol. The normalized spacial score (nSPS) is 13.1. The highest BCUT2D eigenvalue weighted by Gasteiger charge is 2.24. The van der Waals surface area contributed by atoms with Crippen molar-refractivity contribution in [3.8, 4) is 0 Å². The van der Waals surface area contributed by atoms with Crippen molar-refractivity contribution < 1.29 is 14.7 Å². The van der Waals surface area contributed by atoms with E-state index in [1.54, 1.807) is 0 Å². The van der Waals surface area contributed by atoms with Crippen LogP contribution in [0.4, 0.5) is 0 Å². The Hall–Kier alpha value is -1.68. The van der Waals surface area contributed by atoms with Crippen molar-refractivity contribution in [2.75, 3.05) is 6.54 Å². The molecule has 0 heterocycles. The van der Waals surface area contributed by atoms with Crippen molar-refractivity contribution >= 4 is 11.8 Å². The molecule has 0 aromatic carbocycles. The summed E-state index contributed by atoms with van der Waals surface area (Å²) in [7, 11) is 0. The molecule has 0 rings (SSSR count). The van der Waals surface area contributed by atoms with Crippen LogP contribution in [-0.2, 0) is 9.59 Å². The number of ketones is 1. The number of hydrogen-bond acceptors (Lipinski definition) is 3. The van der Waals surface area contributed by atoms with Gasteiger partial charge in [-0.25, -0.2) is 0 Å². The third-order valence-electron chi connectivity index (χ3n) is 4.24. The van der Waals surface area contributed by atoms with Crippen molar-refractivity contribution in [1.82, 2.24) is 5.32 Å². The molecule has 27 heavy (non-hydrogen) atoms. The molecule has 4 heteroatoms. The van der Waals surface area contributed by atoms with Crippen molar-refractivity contribution in [2.45, 2.75) is 90.5 Å². The average molecular weight is 378 g/mol. The number of nitrogens with one attached hydrogen (secondary N) is 1. The van der Waals surface area contributed by atoms with E-state index in [-0.39, 0.29) is 5.78 Å². The van der Waals surface area contributed by atoms with Gasteiger partial charge >= 0.3 is 5.97 Å². The van der Waals surface area contributed by atoms with Crippen molar-refractivity contribution in [2.24, 2.45) is 0 Å². The van der Waals surface area contributed by atoms with Crippen molar-refractivity contribution in [3.05, 3.63) is 36.5 Å². The first-order chi connectivity index (χ1) is 13.1. The lowest BCUT2D eigenvalue weighted by molar-refractivity contribution is -0.143. The molecule has 0 fully saturated rings. The molecule has 0 bridgehead atoms. The molecule has 1 unspecified atom stereocenters. The standard InChI is InChI=1S/C23H39NO3/c1-3-5-6-7-8-9-10-11-12-13-14-15-16-17-18-19-21(25)22(23(26)27)24-20-4-2/h5-6,8-9,11-12,22,24H,3-4,7,10,13-20H2,1-2H3,(H,26,27)/b6-5-,9-8-,12-11-. The number of carboxylic acid groups (broad SMARTS) is 1. The summed E-state index contributed by atoms with van der Waals surface area (Å²) in [6, 6.07) is -1.04. The summed E-state index contributed by atoms with van der Waals surface area (Å²) in [6.45, 7) is 4.65. The highest BCUT2D eigenvalue weighted by atomic mass is 16.4. The molecular formula is C23H39NO3. The first-order valence-corrected chi connectivity index (χ1v) is 10.6. The zero-order valence-electron chi connectivity index (χ0n) is 17.3. The lowest BCUT2D eigenvalue weighted by Crippen LogP contribution is -2.43. The van der Waals surface area contributed by atoms with Crippen LogP contribution in [0.25, 0.3) is 0 Å². The molecule has 0 aromatic rings. The van der Waals surface area contributed by atoms with E-state index < -0.39 is 12.0 Å². The molecule has 4 nitrogen and oxygen atoms in total. The first kappa shape index (κ1) is 25.3. The van der Waals surface area contributed by atoms with Crippen LogP contribution in [0.2, 0.25) is 0 Å². The third kappa shape index (κ3) is 16.2. The minimum Gasteiger partial charge on any atom is -0.480 e. The van der Waals surface area contributed by atoms with Gasteiger partial charge in [0.15, 0.2) is 11.8 Å². The third-order valence-corrected chi connectivity index (χ3v) is 4.24. The number of Topliss-reactive ketones (excluding diaryl/α,β-unsaturated/α-hetero) is 1. The Labute approximate surface area is 165 Å². The Balaban J connectivity index is 3.60. The number of aliphatic carboxylic acids is 1. The van der Waals surface area contributed by atoms with E-state index in [4.69, 9.17) is 5.11 Å². The molecule has 0 aliphatic carbocycles. The number of rotatable bonds is 18. The molecule has 154 valence electrons. The van der Waals surface area contributed by atoms with Gasteiger partial charge in [0.1, 0.15) is 0 Å². The van der Waals surface area contributed by atoms with Crippen LogP contribution in [-0.4, -0.2) is 29.4 Å². The molecule has 0 saturated carbocycles. The summed E-state index contributed by atoms with van der Waals surface area (Å²) in [5.74, 6) is -1.26. The summed E-state index contributed by atoms with van der Waals surface area (Å²) in [4.78, 5) is 23.1. The van der Waals surface area contributed by atoms with Crippen LogP contribution < -0.4 is 5.32 Å². The summed E-state index contributed by atoms with van der Waals surface area (Å²) in [6.07, 6.45) is 23.8. The van der Waals surface area contributed by atoms with Crippen LogP contribution in [0.5, 0.6) is 0 Å². The van der Waals surface area contributed by atoms with Gasteiger partial charge in [-0.15, -0.1) is 0 Å². The van der Waals surface area contributed by atoms with Gasteiger partial charge in [0.05, 0.1) is 0 Å². The number of carbonyl (C=O) groups excluding carboxylic acids is 1. The van der Waals surface area contributed by atoms with Crippen LogP contribution in [0, 0.1) is 0 Å². The number of hydrogen-bond donors (Lipinski definition) is 2. The van der Waals surface area contributed by atoms with E-state index in [9.17, 15) is 9.59 Å². The molecule has 0 aromatic heterocycles. The van der Waals surface area contributed by atoms with Gasteiger partial charge in [0, 0.05) is 6.42 Å². The lowest BCUT2D eigenvalue weighted by atomic mass is 10.0. The molecule has 0 amide bonds. The highest BCUT2D eigenvalue weighted by molar-refractivity contribution is 6.02. The molecule has 0 radical (unpaired) electrons. The fourth-order valence-corrected chi connectivity index (χ4v) is 2.69. The fraction of sp³-hybridized carbons (Fsp3) is 0.652. The Kier molecular flexibility index (Phi) is 17.9. The summed E-state index contributed by atoms with van der Waals surface area (Å²) in [5, 5.41) is 11.9. The van der Waals surface area contributed by atoms with Crippen molar-refractivity contribution in [1.29, 1.82) is 0 Å². The smallest absolute Gasteiger partial charge is 0.328 e. The second kappa shape index (κ2) is 19.1. The van der Waals surface area contributed by atoms with Gasteiger partial charge in [-0.2, -0.15) is 0 Å². The quantitative estimate of drug-likeness (QED) is 0.185. The number of allylic oxidation sites excluding steroid dienone is 6. The van der Waals surface area contributed by atoms with E-state index >= 15 is 0 Å². The summed E-state index contributed by atoms with van der Waals surface area (Å²) >= 11 is 0. The van der Waals surface area contributed by atoms with Crippen LogP contribution in [0.3, 0.4) is 0 Å². The van der Waals surface area contributed by atoms with E-state index in [1.807, 2.05) is 6.92 Å². The van der Waals surface area contributed by atoms with Crippen LogP contribution >= 0.6 is 0 Å². The first-order valence-electron chi connectivity index (χ1n) is 10.6. The van der Waals surface area contributed by atoms with Crippen molar-refractivity contribution in [3.63, 3.8) is 0 Å². The molecule has 0 saturated heterocycles.